The highest BCUT2D eigenvalue weighted by Gasteiger charge is 2.06. The lowest BCUT2D eigenvalue weighted by Gasteiger charge is -2.07. The molecule has 0 saturated heterocycles. The average Bonchev–Trinajstić information content (AvgIpc) is 2.38. The van der Waals surface area contributed by atoms with E-state index < -0.39 is 0 Å². The van der Waals surface area contributed by atoms with E-state index in [0.29, 0.717) is 11.6 Å². The van der Waals surface area contributed by atoms with Crippen LogP contribution in [0.1, 0.15) is 18.7 Å². The van der Waals surface area contributed by atoms with Crippen molar-refractivity contribution in [3.63, 3.8) is 0 Å². The zero-order valence-corrected chi connectivity index (χ0v) is 10.4. The number of aromatic nitrogens is 2. The summed E-state index contributed by atoms with van der Waals surface area (Å²) < 4.78 is 0. The highest BCUT2D eigenvalue weighted by atomic mass is 35.5. The van der Waals surface area contributed by atoms with Crippen molar-refractivity contribution >= 4 is 11.6 Å². The van der Waals surface area contributed by atoms with Crippen LogP contribution >= 0.6 is 11.6 Å². The summed E-state index contributed by atoms with van der Waals surface area (Å²) in [6.07, 6.45) is 3.61. The maximum absolute atomic E-state index is 5.94. The lowest BCUT2D eigenvalue weighted by Crippen LogP contribution is -2.11. The van der Waals surface area contributed by atoms with Gasteiger partial charge in [-0.15, -0.1) is 0 Å². The van der Waals surface area contributed by atoms with Gasteiger partial charge in [-0.25, -0.2) is 9.97 Å². The fraction of sp³-hybridized carbons (Fsp3) is 0.231. The third kappa shape index (κ3) is 2.81. The zero-order valence-electron chi connectivity index (χ0n) is 9.60. The van der Waals surface area contributed by atoms with Crippen LogP contribution in [0.2, 0.25) is 5.02 Å². The standard InChI is InChI=1S/C13H14ClN3/c1-9(6-15)13-16-7-11(8-17-13)10-3-2-4-12(14)5-10/h2-5,7-9H,6,15H2,1H3. The molecule has 0 amide bonds. The van der Waals surface area contributed by atoms with Gasteiger partial charge in [-0.3, -0.25) is 0 Å². The predicted molar refractivity (Wildman–Crippen MR) is 69.9 cm³/mol. The van der Waals surface area contributed by atoms with E-state index in [1.54, 1.807) is 12.4 Å². The molecule has 1 aromatic carbocycles. The fourth-order valence-electron chi connectivity index (χ4n) is 1.52. The van der Waals surface area contributed by atoms with Crippen LogP contribution in [0.4, 0.5) is 0 Å². The maximum Gasteiger partial charge on any atom is 0.132 e. The number of hydrogen-bond acceptors (Lipinski definition) is 3. The van der Waals surface area contributed by atoms with Crippen LogP contribution in [0.15, 0.2) is 36.7 Å². The summed E-state index contributed by atoms with van der Waals surface area (Å²) in [5, 5.41) is 0.710. The van der Waals surface area contributed by atoms with E-state index in [0.717, 1.165) is 17.0 Å². The van der Waals surface area contributed by atoms with E-state index in [-0.39, 0.29) is 5.92 Å². The molecule has 0 aliphatic rings. The number of hydrogen-bond donors (Lipinski definition) is 1. The largest absolute Gasteiger partial charge is 0.330 e. The first kappa shape index (κ1) is 12.0. The molecule has 1 heterocycles. The second kappa shape index (κ2) is 5.25. The Balaban J connectivity index is 2.29. The third-order valence-corrected chi connectivity index (χ3v) is 2.86. The molecule has 3 nitrogen and oxygen atoms in total. The highest BCUT2D eigenvalue weighted by Crippen LogP contribution is 2.21. The number of halogens is 1. The maximum atomic E-state index is 5.94. The van der Waals surface area contributed by atoms with Crippen LogP contribution in [-0.2, 0) is 0 Å². The van der Waals surface area contributed by atoms with Gasteiger partial charge in [-0.1, -0.05) is 30.7 Å². The Labute approximate surface area is 106 Å². The van der Waals surface area contributed by atoms with E-state index in [4.69, 9.17) is 17.3 Å². The minimum Gasteiger partial charge on any atom is -0.330 e. The van der Waals surface area contributed by atoms with Gasteiger partial charge in [-0.05, 0) is 17.7 Å². The minimum absolute atomic E-state index is 0.184. The molecule has 4 heteroatoms. The summed E-state index contributed by atoms with van der Waals surface area (Å²) in [5.74, 6) is 0.960. The molecule has 1 atom stereocenters. The molecule has 1 unspecified atom stereocenters. The molecule has 0 saturated carbocycles. The summed E-state index contributed by atoms with van der Waals surface area (Å²) in [6, 6.07) is 7.63. The normalized spacial score (nSPS) is 12.4. The molecule has 2 aromatic rings. The van der Waals surface area contributed by atoms with Crippen molar-refractivity contribution in [2.45, 2.75) is 12.8 Å². The van der Waals surface area contributed by atoms with Gasteiger partial charge in [0.15, 0.2) is 0 Å². The molecule has 1 aromatic heterocycles. The molecule has 0 aliphatic carbocycles. The highest BCUT2D eigenvalue weighted by molar-refractivity contribution is 6.30. The summed E-state index contributed by atoms with van der Waals surface area (Å²) in [4.78, 5) is 8.64. The first-order valence-corrected chi connectivity index (χ1v) is 5.86. The van der Waals surface area contributed by atoms with Crippen LogP contribution in [0.25, 0.3) is 11.1 Å². The first-order chi connectivity index (χ1) is 8.20. The molecular weight excluding hydrogens is 234 g/mol. The van der Waals surface area contributed by atoms with Gasteiger partial charge in [0.2, 0.25) is 0 Å². The molecular formula is C13H14ClN3. The van der Waals surface area contributed by atoms with Gasteiger partial charge in [-0.2, -0.15) is 0 Å². The van der Waals surface area contributed by atoms with Gasteiger partial charge < -0.3 is 5.73 Å². The van der Waals surface area contributed by atoms with Crippen molar-refractivity contribution in [3.05, 3.63) is 47.5 Å². The number of nitrogens with zero attached hydrogens (tertiary/aromatic N) is 2. The van der Waals surface area contributed by atoms with Gasteiger partial charge in [0, 0.05) is 35.4 Å². The number of nitrogens with two attached hydrogens (primary N) is 1. The topological polar surface area (TPSA) is 51.8 Å². The summed E-state index contributed by atoms with van der Waals surface area (Å²) >= 11 is 5.94. The Morgan fingerprint density at radius 1 is 1.24 bits per heavy atom. The van der Waals surface area contributed by atoms with Crippen molar-refractivity contribution in [2.24, 2.45) is 5.73 Å². The molecule has 0 radical (unpaired) electrons. The van der Waals surface area contributed by atoms with Crippen LogP contribution in [0.5, 0.6) is 0 Å². The third-order valence-electron chi connectivity index (χ3n) is 2.62. The quantitative estimate of drug-likeness (QED) is 0.907. The van der Waals surface area contributed by atoms with Gasteiger partial charge >= 0.3 is 0 Å². The van der Waals surface area contributed by atoms with Crippen molar-refractivity contribution in [1.29, 1.82) is 0 Å². The van der Waals surface area contributed by atoms with E-state index in [1.807, 2.05) is 31.2 Å². The van der Waals surface area contributed by atoms with E-state index in [1.165, 1.54) is 0 Å². The van der Waals surface area contributed by atoms with Crippen molar-refractivity contribution in [3.8, 4) is 11.1 Å². The van der Waals surface area contributed by atoms with Crippen molar-refractivity contribution in [1.82, 2.24) is 9.97 Å². The predicted octanol–water partition coefficient (Wildman–Crippen LogP) is 2.86. The summed E-state index contributed by atoms with van der Waals surface area (Å²) in [6.45, 7) is 2.56. The number of rotatable bonds is 3. The number of benzene rings is 1. The molecule has 88 valence electrons. The molecule has 0 spiro atoms. The Hall–Kier alpha value is -1.45. The molecule has 0 aliphatic heterocycles. The van der Waals surface area contributed by atoms with Gasteiger partial charge in [0.25, 0.3) is 0 Å². The monoisotopic (exact) mass is 247 g/mol. The van der Waals surface area contributed by atoms with Crippen LogP contribution < -0.4 is 5.73 Å². The summed E-state index contributed by atoms with van der Waals surface area (Å²) in [7, 11) is 0. The van der Waals surface area contributed by atoms with Crippen LogP contribution in [0.3, 0.4) is 0 Å². The Bertz CT molecular complexity index is 496. The zero-order chi connectivity index (χ0) is 12.3. The lowest BCUT2D eigenvalue weighted by atomic mass is 10.1. The first-order valence-electron chi connectivity index (χ1n) is 5.48. The van der Waals surface area contributed by atoms with Gasteiger partial charge in [0.1, 0.15) is 5.82 Å². The van der Waals surface area contributed by atoms with E-state index in [9.17, 15) is 0 Å². The van der Waals surface area contributed by atoms with Gasteiger partial charge in [0.05, 0.1) is 0 Å². The molecule has 2 N–H and O–H groups in total. The smallest absolute Gasteiger partial charge is 0.132 e. The lowest BCUT2D eigenvalue weighted by molar-refractivity contribution is 0.712. The minimum atomic E-state index is 0.184. The summed E-state index contributed by atoms with van der Waals surface area (Å²) in [5.41, 5.74) is 7.55. The Kier molecular flexibility index (Phi) is 3.71. The van der Waals surface area contributed by atoms with Crippen LogP contribution in [-0.4, -0.2) is 16.5 Å². The second-order valence-corrected chi connectivity index (χ2v) is 4.41. The Morgan fingerprint density at radius 2 is 1.94 bits per heavy atom. The van der Waals surface area contributed by atoms with E-state index in [2.05, 4.69) is 9.97 Å². The average molecular weight is 248 g/mol. The SMILES string of the molecule is CC(CN)c1ncc(-c2cccc(Cl)c2)cn1. The molecule has 0 fully saturated rings. The van der Waals surface area contributed by atoms with E-state index >= 15 is 0 Å². The van der Waals surface area contributed by atoms with Crippen LogP contribution in [0, 0.1) is 0 Å². The molecule has 17 heavy (non-hydrogen) atoms. The van der Waals surface area contributed by atoms with Crippen molar-refractivity contribution < 1.29 is 0 Å². The van der Waals surface area contributed by atoms with Crippen molar-refractivity contribution in [2.75, 3.05) is 6.54 Å². The second-order valence-electron chi connectivity index (χ2n) is 3.98. The molecule has 2 rings (SSSR count). The fourth-order valence-corrected chi connectivity index (χ4v) is 1.71. The Morgan fingerprint density at radius 3 is 2.53 bits per heavy atom. The molecule has 0 bridgehead atoms.